The number of likely N-dealkylation sites (N-methyl/N-ethyl adjacent to an activating group) is 1. The largest absolute Gasteiger partial charge is 0.416 e. The Morgan fingerprint density at radius 2 is 1.58 bits per heavy atom. The van der Waals surface area contributed by atoms with Crippen molar-refractivity contribution in [2.45, 2.75) is 37.5 Å². The van der Waals surface area contributed by atoms with Crippen molar-refractivity contribution in [2.24, 2.45) is 0 Å². The Balaban J connectivity index is 1.77. The minimum atomic E-state index is -4.34. The van der Waals surface area contributed by atoms with Gasteiger partial charge in [0.2, 0.25) is 5.91 Å². The van der Waals surface area contributed by atoms with E-state index in [1.54, 1.807) is 13.1 Å². The van der Waals surface area contributed by atoms with Crippen LogP contribution in [0.4, 0.5) is 13.2 Å². The van der Waals surface area contributed by atoms with E-state index in [0.717, 1.165) is 28.8 Å². The molecule has 3 nitrogen and oxygen atoms in total. The number of aryl methyl sites for hydroxylation is 1. The van der Waals surface area contributed by atoms with Gasteiger partial charge in [0.25, 0.3) is 0 Å². The van der Waals surface area contributed by atoms with Crippen molar-refractivity contribution in [3.05, 3.63) is 106 Å². The minimum absolute atomic E-state index is 0.166. The average Bonchev–Trinajstić information content (AvgIpc) is 2.81. The minimum Gasteiger partial charge on any atom is -0.358 e. The highest BCUT2D eigenvalue weighted by Gasteiger charge is 2.30. The molecule has 174 valence electrons. The molecule has 2 N–H and O–H groups in total. The van der Waals surface area contributed by atoms with Crippen LogP contribution >= 0.6 is 11.6 Å². The number of hydrogen-bond acceptors (Lipinski definition) is 2. The zero-order valence-corrected chi connectivity index (χ0v) is 19.0. The van der Waals surface area contributed by atoms with Crippen LogP contribution in [0.5, 0.6) is 0 Å². The second-order valence-electron chi connectivity index (χ2n) is 7.79. The standard InChI is InChI=1S/C26H26ClF3N2O/c1-31-25(33)24(19-9-3-2-4-10-19)32-23(21-11-5-6-12-22(21)27)13-7-8-18-14-16-20(17-15-18)26(28,29)30/h2-6,9-12,14-17,23-24,32H,7-8,13H2,1H3,(H,31,33)/t23-,24+/m0/s1. The first-order chi connectivity index (χ1) is 15.8. The fourth-order valence-electron chi connectivity index (χ4n) is 3.77. The molecule has 2 atom stereocenters. The molecule has 3 rings (SSSR count). The Morgan fingerprint density at radius 1 is 0.939 bits per heavy atom. The third-order valence-electron chi connectivity index (χ3n) is 5.53. The molecule has 0 aliphatic rings. The van der Waals surface area contributed by atoms with Crippen LogP contribution in [0.1, 0.15) is 47.2 Å². The highest BCUT2D eigenvalue weighted by Crippen LogP contribution is 2.31. The Morgan fingerprint density at radius 3 is 2.18 bits per heavy atom. The maximum absolute atomic E-state index is 12.8. The first-order valence-corrected chi connectivity index (χ1v) is 11.1. The molecule has 0 fully saturated rings. The van der Waals surface area contributed by atoms with Gasteiger partial charge in [-0.25, -0.2) is 0 Å². The molecule has 0 heterocycles. The zero-order chi connectivity index (χ0) is 23.8. The monoisotopic (exact) mass is 474 g/mol. The van der Waals surface area contributed by atoms with Crippen LogP contribution in [-0.2, 0) is 17.4 Å². The van der Waals surface area contributed by atoms with Gasteiger partial charge in [-0.15, -0.1) is 0 Å². The summed E-state index contributed by atoms with van der Waals surface area (Å²) in [5.74, 6) is -0.166. The summed E-state index contributed by atoms with van der Waals surface area (Å²) in [4.78, 5) is 12.7. The van der Waals surface area contributed by atoms with E-state index in [4.69, 9.17) is 11.6 Å². The van der Waals surface area contributed by atoms with Crippen LogP contribution in [0, 0.1) is 0 Å². The highest BCUT2D eigenvalue weighted by molar-refractivity contribution is 6.31. The summed E-state index contributed by atoms with van der Waals surface area (Å²) >= 11 is 6.47. The van der Waals surface area contributed by atoms with Gasteiger partial charge in [-0.05, 0) is 54.2 Å². The van der Waals surface area contributed by atoms with Crippen LogP contribution in [0.2, 0.25) is 5.02 Å². The van der Waals surface area contributed by atoms with Crippen molar-refractivity contribution >= 4 is 17.5 Å². The molecule has 0 spiro atoms. The average molecular weight is 475 g/mol. The van der Waals surface area contributed by atoms with E-state index in [1.807, 2.05) is 48.5 Å². The molecule has 0 saturated carbocycles. The quantitative estimate of drug-likeness (QED) is 0.371. The lowest BCUT2D eigenvalue weighted by Crippen LogP contribution is -2.38. The van der Waals surface area contributed by atoms with Gasteiger partial charge in [-0.2, -0.15) is 13.2 Å². The molecule has 0 unspecified atom stereocenters. The lowest BCUT2D eigenvalue weighted by molar-refractivity contribution is -0.137. The van der Waals surface area contributed by atoms with Gasteiger partial charge in [-0.3, -0.25) is 10.1 Å². The van der Waals surface area contributed by atoms with E-state index >= 15 is 0 Å². The number of nitrogens with one attached hydrogen (secondary N) is 2. The Hall–Kier alpha value is -2.83. The van der Waals surface area contributed by atoms with Crippen LogP contribution in [-0.4, -0.2) is 13.0 Å². The van der Waals surface area contributed by atoms with E-state index in [-0.39, 0.29) is 11.9 Å². The van der Waals surface area contributed by atoms with Crippen molar-refractivity contribution in [2.75, 3.05) is 7.05 Å². The third kappa shape index (κ3) is 6.83. The van der Waals surface area contributed by atoms with Crippen LogP contribution in [0.3, 0.4) is 0 Å². The predicted octanol–water partition coefficient (Wildman–Crippen LogP) is 6.50. The predicted molar refractivity (Wildman–Crippen MR) is 125 cm³/mol. The summed E-state index contributed by atoms with van der Waals surface area (Å²) in [6, 6.07) is 21.3. The molecule has 3 aromatic carbocycles. The van der Waals surface area contributed by atoms with Crippen molar-refractivity contribution in [1.82, 2.24) is 10.6 Å². The number of carbonyl (C=O) groups excluding carboxylic acids is 1. The number of rotatable bonds is 9. The molecule has 0 bridgehead atoms. The van der Waals surface area contributed by atoms with Gasteiger partial charge in [0.1, 0.15) is 6.04 Å². The molecule has 0 aromatic heterocycles. The van der Waals surface area contributed by atoms with Gasteiger partial charge >= 0.3 is 6.18 Å². The Bertz CT molecular complexity index is 1040. The topological polar surface area (TPSA) is 41.1 Å². The van der Waals surface area contributed by atoms with Gasteiger partial charge in [0, 0.05) is 18.1 Å². The van der Waals surface area contributed by atoms with Crippen molar-refractivity contribution in [1.29, 1.82) is 0 Å². The lowest BCUT2D eigenvalue weighted by Gasteiger charge is -2.26. The number of amides is 1. The van der Waals surface area contributed by atoms with Crippen LogP contribution < -0.4 is 10.6 Å². The van der Waals surface area contributed by atoms with Gasteiger partial charge in [0.05, 0.1) is 5.56 Å². The van der Waals surface area contributed by atoms with Crippen molar-refractivity contribution in [3.8, 4) is 0 Å². The zero-order valence-electron chi connectivity index (χ0n) is 18.2. The molecular weight excluding hydrogens is 449 g/mol. The highest BCUT2D eigenvalue weighted by atomic mass is 35.5. The molecule has 0 aliphatic heterocycles. The summed E-state index contributed by atoms with van der Waals surface area (Å²) in [5.41, 5.74) is 1.87. The number of hydrogen-bond donors (Lipinski definition) is 2. The molecule has 0 saturated heterocycles. The van der Waals surface area contributed by atoms with Gasteiger partial charge in [-0.1, -0.05) is 72.3 Å². The fraction of sp³-hybridized carbons (Fsp3) is 0.269. The molecule has 0 aliphatic carbocycles. The van der Waals surface area contributed by atoms with Crippen molar-refractivity contribution in [3.63, 3.8) is 0 Å². The smallest absolute Gasteiger partial charge is 0.358 e. The molecule has 3 aromatic rings. The lowest BCUT2D eigenvalue weighted by atomic mass is 9.96. The molecule has 7 heteroatoms. The molecule has 33 heavy (non-hydrogen) atoms. The summed E-state index contributed by atoms with van der Waals surface area (Å²) in [5, 5.41) is 6.75. The fourth-order valence-corrected chi connectivity index (χ4v) is 4.04. The number of carbonyl (C=O) groups is 1. The van der Waals surface area contributed by atoms with E-state index in [1.165, 1.54) is 12.1 Å². The second kappa shape index (κ2) is 11.3. The Labute approximate surface area is 197 Å². The van der Waals surface area contributed by atoms with Gasteiger partial charge in [0.15, 0.2) is 0 Å². The van der Waals surface area contributed by atoms with Crippen LogP contribution in [0.25, 0.3) is 0 Å². The van der Waals surface area contributed by atoms with E-state index in [2.05, 4.69) is 10.6 Å². The van der Waals surface area contributed by atoms with Crippen molar-refractivity contribution < 1.29 is 18.0 Å². The first kappa shape index (κ1) is 24.8. The first-order valence-electron chi connectivity index (χ1n) is 10.7. The Kier molecular flexibility index (Phi) is 8.53. The van der Waals surface area contributed by atoms with E-state index in [9.17, 15) is 18.0 Å². The number of halogens is 4. The molecule has 0 radical (unpaired) electrons. The second-order valence-corrected chi connectivity index (χ2v) is 8.19. The molecular formula is C26H26ClF3N2O. The van der Waals surface area contributed by atoms with E-state index in [0.29, 0.717) is 24.3 Å². The maximum Gasteiger partial charge on any atom is 0.416 e. The summed E-state index contributed by atoms with van der Waals surface area (Å²) in [6.07, 6.45) is -2.39. The number of benzene rings is 3. The summed E-state index contributed by atoms with van der Waals surface area (Å²) in [6.45, 7) is 0. The normalized spacial score (nSPS) is 13.4. The maximum atomic E-state index is 12.8. The molecule has 1 amide bonds. The SMILES string of the molecule is CNC(=O)[C@H](N[C@@H](CCCc1ccc(C(F)(F)F)cc1)c1ccccc1Cl)c1ccccc1. The van der Waals surface area contributed by atoms with Gasteiger partial charge < -0.3 is 5.32 Å². The van der Waals surface area contributed by atoms with Crippen LogP contribution in [0.15, 0.2) is 78.9 Å². The summed E-state index contributed by atoms with van der Waals surface area (Å²) < 4.78 is 38.4. The van der Waals surface area contributed by atoms with E-state index < -0.39 is 17.8 Å². The number of alkyl halides is 3. The third-order valence-corrected chi connectivity index (χ3v) is 5.87. The summed E-state index contributed by atoms with van der Waals surface area (Å²) in [7, 11) is 1.59.